The molecule has 1 atom stereocenters. The number of nitrogens with zero attached hydrogens (tertiary/aromatic N) is 1. The molecule has 0 aromatic rings. The molecule has 0 saturated carbocycles. The number of ether oxygens (including phenoxy) is 2. The molecule has 0 radical (unpaired) electrons. The Morgan fingerprint density at radius 2 is 1.75 bits per heavy atom. The van der Waals surface area contributed by atoms with Crippen molar-refractivity contribution in [2.75, 3.05) is 45.9 Å². The van der Waals surface area contributed by atoms with Crippen LogP contribution >= 0.6 is 0 Å². The van der Waals surface area contributed by atoms with Gasteiger partial charge in [0.2, 0.25) is 0 Å². The second kappa shape index (κ2) is 5.91. The molecule has 2 saturated heterocycles. The van der Waals surface area contributed by atoms with Crippen LogP contribution in [0.15, 0.2) is 0 Å². The predicted molar refractivity (Wildman–Crippen MR) is 82.1 cm³/mol. The van der Waals surface area contributed by atoms with Crippen LogP contribution in [0.1, 0.15) is 41.0 Å². The molecular weight excluding hydrogens is 252 g/mol. The van der Waals surface area contributed by atoms with Crippen LogP contribution in [0.3, 0.4) is 0 Å². The highest BCUT2D eigenvalue weighted by Crippen LogP contribution is 2.34. The molecule has 0 aromatic heterocycles. The molecule has 0 amide bonds. The van der Waals surface area contributed by atoms with Gasteiger partial charge < -0.3 is 14.8 Å². The second-order valence-electron chi connectivity index (χ2n) is 7.85. The molecule has 2 aliphatic heterocycles. The molecule has 20 heavy (non-hydrogen) atoms. The van der Waals surface area contributed by atoms with E-state index in [9.17, 15) is 0 Å². The summed E-state index contributed by atoms with van der Waals surface area (Å²) >= 11 is 0. The van der Waals surface area contributed by atoms with Crippen LogP contribution < -0.4 is 5.32 Å². The van der Waals surface area contributed by atoms with Gasteiger partial charge in [0.1, 0.15) is 0 Å². The maximum Gasteiger partial charge on any atom is 0.0760 e. The van der Waals surface area contributed by atoms with Gasteiger partial charge >= 0.3 is 0 Å². The molecule has 2 aliphatic rings. The van der Waals surface area contributed by atoms with Crippen molar-refractivity contribution in [3.8, 4) is 0 Å². The smallest absolute Gasteiger partial charge is 0.0760 e. The quantitative estimate of drug-likeness (QED) is 0.836. The lowest BCUT2D eigenvalue weighted by Gasteiger charge is -2.49. The van der Waals surface area contributed by atoms with Gasteiger partial charge in [-0.25, -0.2) is 0 Å². The number of hydrogen-bond donors (Lipinski definition) is 1. The van der Waals surface area contributed by atoms with Crippen LogP contribution in [0.25, 0.3) is 0 Å². The normalized spacial score (nSPS) is 33.5. The molecule has 2 rings (SSSR count). The van der Waals surface area contributed by atoms with Crippen molar-refractivity contribution >= 4 is 0 Å². The zero-order valence-electron chi connectivity index (χ0n) is 13.9. The minimum atomic E-state index is -0.0689. The van der Waals surface area contributed by atoms with Gasteiger partial charge in [0.25, 0.3) is 0 Å². The highest BCUT2D eigenvalue weighted by atomic mass is 16.5. The standard InChI is InChI=1S/C16H32N2O2/c1-6-17-9-16(7-8-19-13-16)12-18-10-14(2,3)20-15(4,5)11-18/h17H,6-13H2,1-5H3. The predicted octanol–water partition coefficient (Wildman–Crippen LogP) is 1.89. The van der Waals surface area contributed by atoms with Crippen LogP contribution in [0.4, 0.5) is 0 Å². The van der Waals surface area contributed by atoms with Crippen molar-refractivity contribution in [2.45, 2.75) is 52.2 Å². The molecule has 0 bridgehead atoms. The van der Waals surface area contributed by atoms with Gasteiger partial charge in [-0.05, 0) is 40.7 Å². The first kappa shape index (κ1) is 16.2. The molecule has 2 fully saturated rings. The van der Waals surface area contributed by atoms with E-state index < -0.39 is 0 Å². The lowest BCUT2D eigenvalue weighted by molar-refractivity contribution is -0.184. The molecular formula is C16H32N2O2. The van der Waals surface area contributed by atoms with E-state index in [1.54, 1.807) is 0 Å². The summed E-state index contributed by atoms with van der Waals surface area (Å²) < 4.78 is 11.9. The minimum Gasteiger partial charge on any atom is -0.381 e. The van der Waals surface area contributed by atoms with Gasteiger partial charge in [0.05, 0.1) is 17.8 Å². The maximum atomic E-state index is 6.18. The van der Waals surface area contributed by atoms with Crippen LogP contribution in [0.5, 0.6) is 0 Å². The van der Waals surface area contributed by atoms with E-state index in [4.69, 9.17) is 9.47 Å². The summed E-state index contributed by atoms with van der Waals surface area (Å²) in [5.41, 5.74) is 0.140. The monoisotopic (exact) mass is 284 g/mol. The Bertz CT molecular complexity index is 306. The van der Waals surface area contributed by atoms with Crippen molar-refractivity contribution in [3.05, 3.63) is 0 Å². The SMILES string of the molecule is CCNCC1(CN2CC(C)(C)OC(C)(C)C2)CCOC1. The first-order valence-corrected chi connectivity index (χ1v) is 7.97. The van der Waals surface area contributed by atoms with Crippen molar-refractivity contribution < 1.29 is 9.47 Å². The molecule has 1 N–H and O–H groups in total. The Morgan fingerprint density at radius 3 is 2.25 bits per heavy atom. The fourth-order valence-corrected chi connectivity index (χ4v) is 3.89. The van der Waals surface area contributed by atoms with Crippen LogP contribution in [-0.4, -0.2) is 62.0 Å². The molecule has 0 spiro atoms. The number of hydrogen-bond acceptors (Lipinski definition) is 4. The largest absolute Gasteiger partial charge is 0.381 e. The minimum absolute atomic E-state index is 0.0689. The van der Waals surface area contributed by atoms with E-state index in [1.807, 2.05) is 0 Å². The van der Waals surface area contributed by atoms with Gasteiger partial charge in [0, 0.05) is 38.2 Å². The highest BCUT2D eigenvalue weighted by molar-refractivity contribution is 4.94. The molecule has 0 aliphatic carbocycles. The summed E-state index contributed by atoms with van der Waals surface area (Å²) in [5.74, 6) is 0. The van der Waals surface area contributed by atoms with Crippen molar-refractivity contribution in [1.82, 2.24) is 10.2 Å². The van der Waals surface area contributed by atoms with Crippen molar-refractivity contribution in [1.29, 1.82) is 0 Å². The summed E-state index contributed by atoms with van der Waals surface area (Å²) in [6, 6.07) is 0. The fourth-order valence-electron chi connectivity index (χ4n) is 3.89. The van der Waals surface area contributed by atoms with E-state index in [1.165, 1.54) is 0 Å². The van der Waals surface area contributed by atoms with Crippen molar-refractivity contribution in [3.63, 3.8) is 0 Å². The summed E-state index contributed by atoms with van der Waals surface area (Å²) in [4.78, 5) is 2.58. The van der Waals surface area contributed by atoms with E-state index >= 15 is 0 Å². The average molecular weight is 284 g/mol. The van der Waals surface area contributed by atoms with Gasteiger partial charge in [-0.3, -0.25) is 4.90 Å². The van der Waals surface area contributed by atoms with Gasteiger partial charge in [-0.2, -0.15) is 0 Å². The highest BCUT2D eigenvalue weighted by Gasteiger charge is 2.43. The number of nitrogens with one attached hydrogen (secondary N) is 1. The summed E-state index contributed by atoms with van der Waals surface area (Å²) in [6.07, 6.45) is 1.16. The molecule has 4 heteroatoms. The topological polar surface area (TPSA) is 33.7 Å². The third-order valence-corrected chi connectivity index (χ3v) is 4.26. The van der Waals surface area contributed by atoms with Crippen LogP contribution in [-0.2, 0) is 9.47 Å². The molecule has 4 nitrogen and oxygen atoms in total. The second-order valence-corrected chi connectivity index (χ2v) is 7.85. The average Bonchev–Trinajstić information content (AvgIpc) is 2.71. The fraction of sp³-hybridized carbons (Fsp3) is 1.00. The first-order chi connectivity index (χ1) is 9.26. The van der Waals surface area contributed by atoms with E-state index in [-0.39, 0.29) is 16.6 Å². The van der Waals surface area contributed by atoms with Crippen molar-refractivity contribution in [2.24, 2.45) is 5.41 Å². The van der Waals surface area contributed by atoms with Gasteiger partial charge in [-0.1, -0.05) is 6.92 Å². The van der Waals surface area contributed by atoms with Gasteiger partial charge in [0.15, 0.2) is 0 Å². The van der Waals surface area contributed by atoms with E-state index in [0.29, 0.717) is 0 Å². The maximum absolute atomic E-state index is 6.18. The zero-order valence-corrected chi connectivity index (χ0v) is 13.9. The summed E-state index contributed by atoms with van der Waals surface area (Å²) in [5, 5.41) is 3.52. The molecule has 2 heterocycles. The lowest BCUT2D eigenvalue weighted by Crippen LogP contribution is -2.59. The first-order valence-electron chi connectivity index (χ1n) is 7.97. The van der Waals surface area contributed by atoms with Crippen LogP contribution in [0, 0.1) is 5.41 Å². The molecule has 1 unspecified atom stereocenters. The van der Waals surface area contributed by atoms with E-state index in [2.05, 4.69) is 44.8 Å². The summed E-state index contributed by atoms with van der Waals surface area (Å²) in [7, 11) is 0. The van der Waals surface area contributed by atoms with Crippen LogP contribution in [0.2, 0.25) is 0 Å². The Morgan fingerprint density at radius 1 is 1.10 bits per heavy atom. The number of morpholine rings is 1. The Labute approximate surface area is 124 Å². The molecule has 0 aromatic carbocycles. The molecule has 118 valence electrons. The number of rotatable bonds is 5. The zero-order chi connectivity index (χ0) is 14.9. The lowest BCUT2D eigenvalue weighted by atomic mass is 9.85. The third-order valence-electron chi connectivity index (χ3n) is 4.26. The third kappa shape index (κ3) is 4.17. The van der Waals surface area contributed by atoms with E-state index in [0.717, 1.165) is 52.4 Å². The Hall–Kier alpha value is -0.160. The Balaban J connectivity index is 2.02. The summed E-state index contributed by atoms with van der Waals surface area (Å²) in [6.45, 7) is 18.0. The van der Waals surface area contributed by atoms with Gasteiger partial charge in [-0.15, -0.1) is 0 Å². The Kier molecular flexibility index (Phi) is 4.80.